The van der Waals surface area contributed by atoms with Crippen molar-refractivity contribution >= 4 is 56.1 Å². The Morgan fingerprint density at radius 3 is 1.69 bits per heavy atom. The van der Waals surface area contributed by atoms with Gasteiger partial charge in [0.15, 0.2) is 0 Å². The van der Waals surface area contributed by atoms with E-state index in [9.17, 15) is 0 Å². The maximum atomic E-state index is 2.47. The molecule has 8 aromatic carbocycles. The monoisotopic (exact) mass is 742 g/mol. The lowest BCUT2D eigenvalue weighted by Gasteiger charge is -2.28. The molecular formula is C56H42N2. The van der Waals surface area contributed by atoms with Crippen molar-refractivity contribution in [2.45, 2.75) is 25.7 Å². The number of para-hydroxylation sites is 2. The molecule has 0 saturated carbocycles. The molecule has 1 aromatic heterocycles. The van der Waals surface area contributed by atoms with Crippen LogP contribution < -0.4 is 15.3 Å². The van der Waals surface area contributed by atoms with Gasteiger partial charge in [-0.25, -0.2) is 0 Å². The first-order valence-corrected chi connectivity index (χ1v) is 20.6. The number of anilines is 2. The Hall–Kier alpha value is -7.16. The number of fused-ring (bicyclic) bond motifs is 5. The van der Waals surface area contributed by atoms with E-state index in [0.717, 1.165) is 37.1 Å². The molecule has 276 valence electrons. The fraction of sp³-hybridized carbons (Fsp3) is 0.0714. The summed E-state index contributed by atoms with van der Waals surface area (Å²) in [6, 6.07) is 64.6. The topological polar surface area (TPSA) is 8.17 Å². The summed E-state index contributed by atoms with van der Waals surface area (Å²) in [4.78, 5) is 2.43. The molecule has 11 rings (SSSR count). The summed E-state index contributed by atoms with van der Waals surface area (Å²) in [7, 11) is 0. The maximum absolute atomic E-state index is 2.47. The van der Waals surface area contributed by atoms with Crippen molar-refractivity contribution in [2.24, 2.45) is 0 Å². The molecule has 2 nitrogen and oxygen atoms in total. The van der Waals surface area contributed by atoms with Crippen LogP contribution in [0.25, 0.3) is 83.8 Å². The predicted molar refractivity (Wildman–Crippen MR) is 247 cm³/mol. The second-order valence-corrected chi connectivity index (χ2v) is 15.4. The van der Waals surface area contributed by atoms with Crippen LogP contribution in [0.15, 0.2) is 200 Å². The Kier molecular flexibility index (Phi) is 8.47. The quantitative estimate of drug-likeness (QED) is 0.158. The highest BCUT2D eigenvalue weighted by Crippen LogP contribution is 2.40. The number of hydrogen-bond acceptors (Lipinski definition) is 1. The van der Waals surface area contributed by atoms with Gasteiger partial charge in [-0.05, 0) is 141 Å². The molecule has 0 unspecified atom stereocenters. The van der Waals surface area contributed by atoms with Gasteiger partial charge in [-0.3, -0.25) is 0 Å². The van der Waals surface area contributed by atoms with Crippen molar-refractivity contribution in [2.75, 3.05) is 4.90 Å². The lowest BCUT2D eigenvalue weighted by molar-refractivity contribution is 0.997. The second kappa shape index (κ2) is 14.4. The predicted octanol–water partition coefficient (Wildman–Crippen LogP) is 13.7. The molecular weight excluding hydrogens is 701 g/mol. The standard InChI is InChI=1S/C56H42N2/c1-4-17-39(18-5-1)41-19-16-20-42(37-41)56-50-28-12-10-26-48(50)55(49-27-11-13-29-51(49)56)40-31-33-45(34-32-40)57(43-21-6-2-7-22-43)46-35-36-54-52(38-46)47-25-14-15-30-53(47)58(54)44-23-8-3-9-24-44/h1,3-6,8-10,12,14-38H,2,7,11,13H2. The van der Waals surface area contributed by atoms with E-state index in [2.05, 4.69) is 216 Å². The summed E-state index contributed by atoms with van der Waals surface area (Å²) in [5.41, 5.74) is 14.7. The molecule has 9 aromatic rings. The van der Waals surface area contributed by atoms with Crippen molar-refractivity contribution < 1.29 is 0 Å². The minimum Gasteiger partial charge on any atom is -0.311 e. The third kappa shape index (κ3) is 5.80. The van der Waals surface area contributed by atoms with Gasteiger partial charge in [0, 0.05) is 33.5 Å². The van der Waals surface area contributed by atoms with Gasteiger partial charge >= 0.3 is 0 Å². The molecule has 1 heterocycles. The van der Waals surface area contributed by atoms with Crippen molar-refractivity contribution in [1.29, 1.82) is 0 Å². The molecule has 0 fully saturated rings. The summed E-state index contributed by atoms with van der Waals surface area (Å²) in [5.74, 6) is 0. The number of allylic oxidation sites excluding steroid dienone is 3. The summed E-state index contributed by atoms with van der Waals surface area (Å²) < 4.78 is 2.39. The summed E-state index contributed by atoms with van der Waals surface area (Å²) in [5, 5.41) is 7.77. The molecule has 2 heteroatoms. The fourth-order valence-electron chi connectivity index (χ4n) is 9.41. The zero-order valence-corrected chi connectivity index (χ0v) is 32.4. The summed E-state index contributed by atoms with van der Waals surface area (Å²) in [6.07, 6.45) is 16.1. The van der Waals surface area contributed by atoms with E-state index in [1.165, 1.54) is 87.8 Å². The van der Waals surface area contributed by atoms with Crippen molar-refractivity contribution in [3.63, 3.8) is 0 Å². The molecule has 0 bridgehead atoms. The van der Waals surface area contributed by atoms with Crippen LogP contribution in [0.4, 0.5) is 11.4 Å². The minimum atomic E-state index is 1.03. The van der Waals surface area contributed by atoms with E-state index in [0.29, 0.717) is 0 Å². The summed E-state index contributed by atoms with van der Waals surface area (Å²) >= 11 is 0. The van der Waals surface area contributed by atoms with Gasteiger partial charge in [-0.1, -0.05) is 146 Å². The van der Waals surface area contributed by atoms with Crippen LogP contribution in [0.2, 0.25) is 0 Å². The zero-order valence-electron chi connectivity index (χ0n) is 32.4. The SMILES string of the molecule is C1=CC(N(c2ccc(-c3c4c(c(-c5cccc(-c6ccccc6)c5)c5ccccc35)=CCCC=4)cc2)c2ccc3c(c2)c2ccccc2n3-c2ccccc2)=CCC1. The van der Waals surface area contributed by atoms with Crippen molar-refractivity contribution in [3.05, 3.63) is 210 Å². The Balaban J connectivity index is 1.05. The fourth-order valence-corrected chi connectivity index (χ4v) is 9.41. The van der Waals surface area contributed by atoms with Gasteiger partial charge in [0.05, 0.1) is 11.0 Å². The van der Waals surface area contributed by atoms with Crippen LogP contribution in [0.3, 0.4) is 0 Å². The number of nitrogens with zero attached hydrogens (tertiary/aromatic N) is 2. The van der Waals surface area contributed by atoms with Gasteiger partial charge in [-0.2, -0.15) is 0 Å². The lowest BCUT2D eigenvalue weighted by atomic mass is 9.85. The molecule has 2 aliphatic rings. The van der Waals surface area contributed by atoms with Crippen molar-refractivity contribution in [1.82, 2.24) is 4.57 Å². The smallest absolute Gasteiger partial charge is 0.0542 e. The van der Waals surface area contributed by atoms with Gasteiger partial charge in [0.2, 0.25) is 0 Å². The average molecular weight is 743 g/mol. The van der Waals surface area contributed by atoms with Crippen LogP contribution in [-0.2, 0) is 0 Å². The number of rotatable bonds is 7. The van der Waals surface area contributed by atoms with Crippen LogP contribution in [0.5, 0.6) is 0 Å². The van der Waals surface area contributed by atoms with Gasteiger partial charge < -0.3 is 9.47 Å². The largest absolute Gasteiger partial charge is 0.311 e. The first-order chi connectivity index (χ1) is 28.8. The lowest BCUT2D eigenvalue weighted by Crippen LogP contribution is -2.31. The molecule has 0 radical (unpaired) electrons. The van der Waals surface area contributed by atoms with E-state index >= 15 is 0 Å². The second-order valence-electron chi connectivity index (χ2n) is 15.4. The van der Waals surface area contributed by atoms with E-state index in [1.54, 1.807) is 0 Å². The van der Waals surface area contributed by atoms with Crippen molar-refractivity contribution in [3.8, 4) is 39.1 Å². The minimum absolute atomic E-state index is 1.03. The zero-order chi connectivity index (χ0) is 38.4. The van der Waals surface area contributed by atoms with E-state index in [4.69, 9.17) is 0 Å². The van der Waals surface area contributed by atoms with Crippen LogP contribution >= 0.6 is 0 Å². The number of hydrogen-bond donors (Lipinski definition) is 0. The maximum Gasteiger partial charge on any atom is 0.0542 e. The number of aromatic nitrogens is 1. The molecule has 0 amide bonds. The molecule has 0 atom stereocenters. The summed E-state index contributed by atoms with van der Waals surface area (Å²) in [6.45, 7) is 0. The highest BCUT2D eigenvalue weighted by atomic mass is 15.1. The first-order valence-electron chi connectivity index (χ1n) is 20.6. The first kappa shape index (κ1) is 34.1. The molecule has 58 heavy (non-hydrogen) atoms. The third-order valence-corrected chi connectivity index (χ3v) is 12.0. The van der Waals surface area contributed by atoms with Gasteiger partial charge in [0.1, 0.15) is 0 Å². The van der Waals surface area contributed by atoms with E-state index in [-0.39, 0.29) is 0 Å². The Morgan fingerprint density at radius 1 is 0.379 bits per heavy atom. The van der Waals surface area contributed by atoms with Crippen LogP contribution in [-0.4, -0.2) is 4.57 Å². The van der Waals surface area contributed by atoms with Crippen LogP contribution in [0, 0.1) is 0 Å². The molecule has 0 N–H and O–H groups in total. The Bertz CT molecular complexity index is 3200. The Morgan fingerprint density at radius 2 is 0.966 bits per heavy atom. The van der Waals surface area contributed by atoms with Gasteiger partial charge in [0.25, 0.3) is 0 Å². The highest BCUT2D eigenvalue weighted by molar-refractivity contribution is 6.11. The van der Waals surface area contributed by atoms with Gasteiger partial charge in [-0.15, -0.1) is 0 Å². The molecule has 0 saturated heterocycles. The van der Waals surface area contributed by atoms with Crippen LogP contribution in [0.1, 0.15) is 25.7 Å². The Labute approximate surface area is 339 Å². The molecule has 0 spiro atoms. The van der Waals surface area contributed by atoms with E-state index in [1.807, 2.05) is 0 Å². The molecule has 2 aliphatic carbocycles. The molecule has 0 aliphatic heterocycles. The third-order valence-electron chi connectivity index (χ3n) is 12.0. The average Bonchev–Trinajstić information content (AvgIpc) is 3.63. The van der Waals surface area contributed by atoms with E-state index < -0.39 is 0 Å². The highest BCUT2D eigenvalue weighted by Gasteiger charge is 2.20. The normalized spacial score (nSPS) is 13.6. The number of benzene rings is 8.